The zero-order valence-corrected chi connectivity index (χ0v) is 18.1. The Labute approximate surface area is 175 Å². The van der Waals surface area contributed by atoms with Crippen LogP contribution in [0.15, 0.2) is 11.6 Å². The van der Waals surface area contributed by atoms with Crippen LogP contribution >= 0.6 is 0 Å². The van der Waals surface area contributed by atoms with Crippen LogP contribution in [-0.4, -0.2) is 29.1 Å². The molecule has 2 unspecified atom stereocenters. The largest absolute Gasteiger partial charge is 0.451 e. The van der Waals surface area contributed by atoms with E-state index < -0.39 is 28.3 Å². The second kappa shape index (κ2) is 5.80. The normalized spacial score (nSPS) is 50.4. The number of allylic oxidation sites excluding steroid dienone is 1. The predicted molar refractivity (Wildman–Crippen MR) is 105 cm³/mol. The van der Waals surface area contributed by atoms with Gasteiger partial charge in [0, 0.05) is 35.7 Å². The van der Waals surface area contributed by atoms with E-state index in [-0.39, 0.29) is 53.1 Å². The third kappa shape index (κ3) is 2.23. The summed E-state index contributed by atoms with van der Waals surface area (Å²) in [5, 5.41) is 0. The Balaban J connectivity index is 1.58. The van der Waals surface area contributed by atoms with Gasteiger partial charge >= 0.3 is 5.97 Å². The number of hydrogen-bond donors (Lipinski definition) is 0. The molecule has 0 aromatic carbocycles. The number of carbonyl (C=O) groups is 3. The number of carbonyl (C=O) groups excluding carboxylic acids is 3. The number of ether oxygens (including phenoxy) is 1. The van der Waals surface area contributed by atoms with E-state index >= 15 is 8.78 Å². The van der Waals surface area contributed by atoms with Gasteiger partial charge < -0.3 is 4.74 Å². The van der Waals surface area contributed by atoms with E-state index in [9.17, 15) is 14.4 Å². The summed E-state index contributed by atoms with van der Waals surface area (Å²) in [6.07, 6.45) is 4.11. The second-order valence-corrected chi connectivity index (χ2v) is 10.9. The fraction of sp³-hybridized carbons (Fsp3) is 0.792. The summed E-state index contributed by atoms with van der Waals surface area (Å²) in [5.41, 5.74) is -2.45. The van der Waals surface area contributed by atoms with Crippen molar-refractivity contribution in [2.24, 2.45) is 40.4 Å². The van der Waals surface area contributed by atoms with Crippen LogP contribution in [0.5, 0.6) is 0 Å². The van der Waals surface area contributed by atoms with E-state index in [4.69, 9.17) is 4.74 Å². The summed E-state index contributed by atoms with van der Waals surface area (Å²) in [6, 6.07) is 0. The maximum atomic E-state index is 15.5. The maximum Gasteiger partial charge on any atom is 0.303 e. The molecule has 0 radical (unpaired) electrons. The topological polar surface area (TPSA) is 60.4 Å². The Hall–Kier alpha value is -1.59. The highest BCUT2D eigenvalue weighted by Crippen LogP contribution is 2.74. The molecule has 4 nitrogen and oxygen atoms in total. The van der Waals surface area contributed by atoms with Gasteiger partial charge in [-0.15, -0.1) is 0 Å². The lowest BCUT2D eigenvalue weighted by atomic mass is 9.45. The van der Waals surface area contributed by atoms with Gasteiger partial charge in [-0.2, -0.15) is 0 Å². The standard InChI is InChI=1S/C24H30F2O4/c1-12(27)23(30-13(2)28)8-6-16-15-11-24(25,26)20-10-19(29)14-9-18(14)22(20,4)17(15)5-7-21(16,23)3/h10,14-18H,5-9,11H2,1-4H3/t14?,15-,16-,17+,18?,21-,22+,23+/m0/s1. The number of halogens is 2. The summed E-state index contributed by atoms with van der Waals surface area (Å²) in [4.78, 5) is 36.9. The van der Waals surface area contributed by atoms with Gasteiger partial charge in [0.2, 0.25) is 0 Å². The van der Waals surface area contributed by atoms with Crippen molar-refractivity contribution < 1.29 is 27.9 Å². The first-order valence-electron chi connectivity index (χ1n) is 11.2. The average Bonchev–Trinajstić information content (AvgIpc) is 3.38. The van der Waals surface area contributed by atoms with Crippen LogP contribution < -0.4 is 0 Å². The summed E-state index contributed by atoms with van der Waals surface area (Å²) in [5.74, 6) is -4.16. The van der Waals surface area contributed by atoms with Crippen molar-refractivity contribution in [1.82, 2.24) is 0 Å². The molecule has 0 N–H and O–H groups in total. The molecule has 0 bridgehead atoms. The Kier molecular flexibility index (Phi) is 3.93. The minimum absolute atomic E-state index is 0.0143. The number of alkyl halides is 2. The van der Waals surface area contributed by atoms with E-state index in [1.807, 2.05) is 13.8 Å². The summed E-state index contributed by atoms with van der Waals surface area (Å²) < 4.78 is 36.7. The average molecular weight is 420 g/mol. The molecule has 4 saturated carbocycles. The molecule has 0 saturated heterocycles. The molecule has 30 heavy (non-hydrogen) atoms. The highest BCUT2D eigenvalue weighted by atomic mass is 19.3. The Morgan fingerprint density at radius 3 is 2.37 bits per heavy atom. The van der Waals surface area contributed by atoms with Crippen molar-refractivity contribution in [3.05, 3.63) is 11.6 Å². The van der Waals surface area contributed by atoms with E-state index in [0.29, 0.717) is 25.7 Å². The zero-order chi connectivity index (χ0) is 21.9. The lowest BCUT2D eigenvalue weighted by Crippen LogP contribution is -2.61. The van der Waals surface area contributed by atoms with Gasteiger partial charge in [-0.05, 0) is 68.8 Å². The molecule has 4 fully saturated rings. The summed E-state index contributed by atoms with van der Waals surface area (Å²) >= 11 is 0. The highest BCUT2D eigenvalue weighted by molar-refractivity contribution is 5.96. The van der Waals surface area contributed by atoms with Gasteiger partial charge in [0.05, 0.1) is 0 Å². The molecule has 5 aliphatic rings. The van der Waals surface area contributed by atoms with E-state index in [1.54, 1.807) is 0 Å². The van der Waals surface area contributed by atoms with Gasteiger partial charge in [0.15, 0.2) is 17.2 Å². The fourth-order valence-electron chi connectivity index (χ4n) is 8.54. The van der Waals surface area contributed by atoms with Crippen LogP contribution in [0.25, 0.3) is 0 Å². The van der Waals surface area contributed by atoms with Crippen molar-refractivity contribution in [1.29, 1.82) is 0 Å². The van der Waals surface area contributed by atoms with E-state index in [0.717, 1.165) is 6.42 Å². The molecule has 6 heteroatoms. The SMILES string of the molecule is CC(=O)O[C@@]1(C(C)=O)CC[C@H]2[C@@H]3CC(F)(F)C4=CC(=O)C5CC5[C@@]4(C)[C@@H]3CC[C@@]21C. The third-order valence-electron chi connectivity index (χ3n) is 9.89. The minimum Gasteiger partial charge on any atom is -0.451 e. The molecular formula is C24H30F2O4. The quantitative estimate of drug-likeness (QED) is 0.617. The summed E-state index contributed by atoms with van der Waals surface area (Å²) in [7, 11) is 0. The lowest BCUT2D eigenvalue weighted by molar-refractivity contribution is -0.193. The fourth-order valence-corrected chi connectivity index (χ4v) is 8.54. The lowest BCUT2D eigenvalue weighted by Gasteiger charge is -2.60. The predicted octanol–water partition coefficient (Wildman–Crippen LogP) is 4.51. The number of Topliss-reactive ketones (excluding diaryl/α,β-unsaturated/α-hetero) is 1. The Morgan fingerprint density at radius 2 is 1.73 bits per heavy atom. The third-order valence-corrected chi connectivity index (χ3v) is 9.89. The molecule has 8 atom stereocenters. The first kappa shape index (κ1) is 20.3. The Bertz CT molecular complexity index is 894. The second-order valence-electron chi connectivity index (χ2n) is 10.9. The summed E-state index contributed by atoms with van der Waals surface area (Å²) in [6.45, 7) is 6.71. The Morgan fingerprint density at radius 1 is 1.07 bits per heavy atom. The van der Waals surface area contributed by atoms with Crippen LogP contribution in [0.3, 0.4) is 0 Å². The number of ketones is 2. The molecule has 0 heterocycles. The van der Waals surface area contributed by atoms with Crippen molar-refractivity contribution in [3.8, 4) is 0 Å². The van der Waals surface area contributed by atoms with E-state index in [2.05, 4.69) is 0 Å². The van der Waals surface area contributed by atoms with Crippen molar-refractivity contribution in [2.75, 3.05) is 0 Å². The van der Waals surface area contributed by atoms with Gasteiger partial charge in [0.1, 0.15) is 0 Å². The molecule has 5 aliphatic carbocycles. The van der Waals surface area contributed by atoms with Crippen molar-refractivity contribution in [3.63, 3.8) is 0 Å². The van der Waals surface area contributed by atoms with Crippen LogP contribution in [0.1, 0.15) is 66.2 Å². The maximum absolute atomic E-state index is 15.5. The minimum atomic E-state index is -3.01. The molecular weight excluding hydrogens is 390 g/mol. The van der Waals surface area contributed by atoms with Gasteiger partial charge in [-0.3, -0.25) is 14.4 Å². The van der Waals surface area contributed by atoms with Crippen molar-refractivity contribution in [2.45, 2.75) is 77.7 Å². The smallest absolute Gasteiger partial charge is 0.303 e. The molecule has 164 valence electrons. The number of rotatable bonds is 2. The van der Waals surface area contributed by atoms with Gasteiger partial charge in [0.25, 0.3) is 5.92 Å². The molecule has 5 rings (SSSR count). The van der Waals surface area contributed by atoms with Gasteiger partial charge in [-0.1, -0.05) is 13.8 Å². The molecule has 0 aromatic rings. The zero-order valence-electron chi connectivity index (χ0n) is 18.1. The number of fused-ring (bicyclic) bond motifs is 7. The molecule has 0 amide bonds. The van der Waals surface area contributed by atoms with Gasteiger partial charge in [-0.25, -0.2) is 8.78 Å². The van der Waals surface area contributed by atoms with Crippen LogP contribution in [0.2, 0.25) is 0 Å². The van der Waals surface area contributed by atoms with E-state index in [1.165, 1.54) is 19.9 Å². The van der Waals surface area contributed by atoms with Crippen molar-refractivity contribution >= 4 is 17.5 Å². The molecule has 0 aromatic heterocycles. The van der Waals surface area contributed by atoms with Crippen LogP contribution in [-0.2, 0) is 19.1 Å². The first-order chi connectivity index (χ1) is 13.9. The first-order valence-corrected chi connectivity index (χ1v) is 11.2. The molecule has 0 spiro atoms. The highest BCUT2D eigenvalue weighted by Gasteiger charge is 2.73. The molecule has 0 aliphatic heterocycles. The van der Waals surface area contributed by atoms with Crippen LogP contribution in [0, 0.1) is 40.4 Å². The number of esters is 1. The van der Waals surface area contributed by atoms with Crippen LogP contribution in [0.4, 0.5) is 8.78 Å². The number of hydrogen-bond acceptors (Lipinski definition) is 4. The monoisotopic (exact) mass is 420 g/mol.